The second-order valence-electron chi connectivity index (χ2n) is 4.36. The Morgan fingerprint density at radius 2 is 2.17 bits per heavy atom. The van der Waals surface area contributed by atoms with Crippen LogP contribution in [0.25, 0.3) is 0 Å². The monoisotopic (exact) mass is 307 g/mol. The number of nitrogens with zero attached hydrogens (tertiary/aromatic N) is 2. The molecule has 0 saturated heterocycles. The summed E-state index contributed by atoms with van der Waals surface area (Å²) in [7, 11) is 1.94. The zero-order valence-corrected chi connectivity index (χ0v) is 12.5. The van der Waals surface area contributed by atoms with E-state index in [4.69, 9.17) is 0 Å². The summed E-state index contributed by atoms with van der Waals surface area (Å²) in [4.78, 5) is 0. The maximum atomic E-state index is 4.52. The summed E-state index contributed by atoms with van der Waals surface area (Å²) in [5.74, 6) is 0. The molecule has 0 radical (unpaired) electrons. The molecule has 1 heterocycles. The molecule has 96 valence electrons. The molecule has 1 atom stereocenters. The van der Waals surface area contributed by atoms with Gasteiger partial charge in [-0.05, 0) is 36.7 Å². The van der Waals surface area contributed by atoms with Gasteiger partial charge in [-0.25, -0.2) is 0 Å². The number of nitrogens with one attached hydrogen (secondary N) is 1. The highest BCUT2D eigenvalue weighted by Crippen LogP contribution is 2.28. The molecule has 1 aromatic carbocycles. The van der Waals surface area contributed by atoms with Crippen LogP contribution in [0.2, 0.25) is 0 Å². The number of halogens is 1. The largest absolute Gasteiger partial charge is 0.305 e. The van der Waals surface area contributed by atoms with Gasteiger partial charge in [-0.3, -0.25) is 4.68 Å². The first-order chi connectivity index (χ1) is 8.63. The standard InChI is InChI=1S/C14H18BrN3/c1-4-16-14(13-8-9-18(3)17-13)11-6-5-7-12(15)10(11)2/h5-9,14,16H,4H2,1-3H3. The Bertz CT molecular complexity index is 534. The summed E-state index contributed by atoms with van der Waals surface area (Å²) in [5, 5.41) is 8.02. The van der Waals surface area contributed by atoms with E-state index in [9.17, 15) is 0 Å². The number of hydrogen-bond acceptors (Lipinski definition) is 2. The minimum atomic E-state index is 0.147. The highest BCUT2D eigenvalue weighted by atomic mass is 79.9. The van der Waals surface area contributed by atoms with Crippen molar-refractivity contribution in [1.29, 1.82) is 0 Å². The Hall–Kier alpha value is -1.13. The topological polar surface area (TPSA) is 29.9 Å². The molecule has 0 spiro atoms. The zero-order chi connectivity index (χ0) is 13.1. The normalized spacial score (nSPS) is 12.7. The summed E-state index contributed by atoms with van der Waals surface area (Å²) in [6, 6.07) is 8.50. The molecule has 0 fully saturated rings. The van der Waals surface area contributed by atoms with Crippen LogP contribution in [-0.2, 0) is 7.05 Å². The van der Waals surface area contributed by atoms with E-state index in [2.05, 4.69) is 64.5 Å². The number of aryl methyl sites for hydroxylation is 1. The van der Waals surface area contributed by atoms with Gasteiger partial charge >= 0.3 is 0 Å². The molecule has 2 aromatic rings. The van der Waals surface area contributed by atoms with E-state index in [0.717, 1.165) is 16.7 Å². The molecular formula is C14H18BrN3. The van der Waals surface area contributed by atoms with Crippen molar-refractivity contribution in [1.82, 2.24) is 15.1 Å². The van der Waals surface area contributed by atoms with Crippen LogP contribution in [-0.4, -0.2) is 16.3 Å². The molecule has 1 unspecified atom stereocenters. The van der Waals surface area contributed by atoms with Crippen LogP contribution in [0.15, 0.2) is 34.9 Å². The Labute approximate surface area is 116 Å². The second kappa shape index (κ2) is 5.67. The van der Waals surface area contributed by atoms with Crippen molar-refractivity contribution in [3.8, 4) is 0 Å². The predicted molar refractivity (Wildman–Crippen MR) is 77.6 cm³/mol. The van der Waals surface area contributed by atoms with Gasteiger partial charge in [0.05, 0.1) is 11.7 Å². The first kappa shape index (κ1) is 13.3. The van der Waals surface area contributed by atoms with E-state index in [1.54, 1.807) is 0 Å². The lowest BCUT2D eigenvalue weighted by molar-refractivity contribution is 0.597. The first-order valence-electron chi connectivity index (χ1n) is 6.11. The quantitative estimate of drug-likeness (QED) is 0.940. The number of benzene rings is 1. The van der Waals surface area contributed by atoms with Crippen molar-refractivity contribution in [3.63, 3.8) is 0 Å². The molecular weight excluding hydrogens is 290 g/mol. The van der Waals surface area contributed by atoms with Gasteiger partial charge in [-0.2, -0.15) is 5.10 Å². The van der Waals surface area contributed by atoms with Crippen molar-refractivity contribution in [2.45, 2.75) is 19.9 Å². The second-order valence-corrected chi connectivity index (χ2v) is 5.21. The third-order valence-electron chi connectivity index (χ3n) is 3.06. The zero-order valence-electron chi connectivity index (χ0n) is 10.9. The fourth-order valence-corrected chi connectivity index (χ4v) is 2.48. The van der Waals surface area contributed by atoms with E-state index in [-0.39, 0.29) is 6.04 Å². The summed E-state index contributed by atoms with van der Waals surface area (Å²) >= 11 is 3.59. The molecule has 0 aliphatic carbocycles. The number of aromatic nitrogens is 2. The van der Waals surface area contributed by atoms with Gasteiger partial charge in [0.25, 0.3) is 0 Å². The summed E-state index contributed by atoms with van der Waals surface area (Å²) in [5.41, 5.74) is 3.58. The van der Waals surface area contributed by atoms with E-state index < -0.39 is 0 Å². The van der Waals surface area contributed by atoms with Crippen LogP contribution < -0.4 is 5.32 Å². The van der Waals surface area contributed by atoms with Gasteiger partial charge in [0.1, 0.15) is 0 Å². The summed E-state index contributed by atoms with van der Waals surface area (Å²) < 4.78 is 2.98. The highest BCUT2D eigenvalue weighted by Gasteiger charge is 2.18. The van der Waals surface area contributed by atoms with Gasteiger partial charge in [0.15, 0.2) is 0 Å². The molecule has 3 nitrogen and oxygen atoms in total. The third-order valence-corrected chi connectivity index (χ3v) is 3.92. The maximum Gasteiger partial charge on any atom is 0.0839 e. The average Bonchev–Trinajstić information content (AvgIpc) is 2.77. The molecule has 2 rings (SSSR count). The van der Waals surface area contributed by atoms with E-state index in [1.807, 2.05) is 17.9 Å². The van der Waals surface area contributed by atoms with Gasteiger partial charge in [0.2, 0.25) is 0 Å². The predicted octanol–water partition coefficient (Wildman–Crippen LogP) is 3.19. The average molecular weight is 308 g/mol. The Morgan fingerprint density at radius 3 is 2.78 bits per heavy atom. The Balaban J connectivity index is 2.44. The fraction of sp³-hybridized carbons (Fsp3) is 0.357. The maximum absolute atomic E-state index is 4.52. The van der Waals surface area contributed by atoms with Gasteiger partial charge in [0, 0.05) is 17.7 Å². The minimum absolute atomic E-state index is 0.147. The van der Waals surface area contributed by atoms with Crippen LogP contribution in [0.4, 0.5) is 0 Å². The molecule has 0 aliphatic heterocycles. The third kappa shape index (κ3) is 2.65. The molecule has 0 amide bonds. The molecule has 18 heavy (non-hydrogen) atoms. The smallest absolute Gasteiger partial charge is 0.0839 e. The van der Waals surface area contributed by atoms with Crippen molar-refractivity contribution in [2.75, 3.05) is 6.54 Å². The first-order valence-corrected chi connectivity index (χ1v) is 6.90. The molecule has 4 heteroatoms. The minimum Gasteiger partial charge on any atom is -0.305 e. The molecule has 0 aliphatic rings. The van der Waals surface area contributed by atoms with Crippen LogP contribution in [0, 0.1) is 6.92 Å². The summed E-state index contributed by atoms with van der Waals surface area (Å²) in [6.07, 6.45) is 1.98. The number of hydrogen-bond donors (Lipinski definition) is 1. The van der Waals surface area contributed by atoms with Crippen molar-refractivity contribution in [2.24, 2.45) is 7.05 Å². The molecule has 1 aromatic heterocycles. The lowest BCUT2D eigenvalue weighted by Crippen LogP contribution is -2.23. The van der Waals surface area contributed by atoms with Crippen LogP contribution in [0.5, 0.6) is 0 Å². The summed E-state index contributed by atoms with van der Waals surface area (Å²) in [6.45, 7) is 5.16. The highest BCUT2D eigenvalue weighted by molar-refractivity contribution is 9.10. The van der Waals surface area contributed by atoms with Crippen molar-refractivity contribution >= 4 is 15.9 Å². The van der Waals surface area contributed by atoms with Crippen LogP contribution in [0.3, 0.4) is 0 Å². The molecule has 1 N–H and O–H groups in total. The van der Waals surface area contributed by atoms with Crippen LogP contribution in [0.1, 0.15) is 29.8 Å². The van der Waals surface area contributed by atoms with Crippen LogP contribution >= 0.6 is 15.9 Å². The van der Waals surface area contributed by atoms with Gasteiger partial charge in [-0.15, -0.1) is 0 Å². The van der Waals surface area contributed by atoms with E-state index in [0.29, 0.717) is 0 Å². The molecule has 0 bridgehead atoms. The fourth-order valence-electron chi connectivity index (χ4n) is 2.10. The van der Waals surface area contributed by atoms with Crippen molar-refractivity contribution < 1.29 is 0 Å². The van der Waals surface area contributed by atoms with E-state index >= 15 is 0 Å². The van der Waals surface area contributed by atoms with Crippen molar-refractivity contribution in [3.05, 3.63) is 51.8 Å². The number of rotatable bonds is 4. The molecule has 0 saturated carbocycles. The van der Waals surface area contributed by atoms with Gasteiger partial charge < -0.3 is 5.32 Å². The SMILES string of the molecule is CCNC(c1ccn(C)n1)c1cccc(Br)c1C. The Kier molecular flexibility index (Phi) is 4.19. The lowest BCUT2D eigenvalue weighted by atomic mass is 9.99. The Morgan fingerprint density at radius 1 is 1.39 bits per heavy atom. The van der Waals surface area contributed by atoms with Gasteiger partial charge in [-0.1, -0.05) is 35.0 Å². The van der Waals surface area contributed by atoms with E-state index in [1.165, 1.54) is 11.1 Å². The lowest BCUT2D eigenvalue weighted by Gasteiger charge is -2.19.